The minimum atomic E-state index is 0.231. The number of hydrogen-bond donors (Lipinski definition) is 0. The second-order valence-electron chi connectivity index (χ2n) is 5.63. The summed E-state index contributed by atoms with van der Waals surface area (Å²) in [4.78, 5) is 13.1. The van der Waals surface area contributed by atoms with Crippen molar-refractivity contribution < 1.29 is 0 Å². The van der Waals surface area contributed by atoms with E-state index in [4.69, 9.17) is 5.26 Å². The third-order valence-corrected chi connectivity index (χ3v) is 4.06. The number of hydrogen-bond acceptors (Lipinski definition) is 5. The van der Waals surface area contributed by atoms with Crippen molar-refractivity contribution >= 4 is 5.95 Å². The van der Waals surface area contributed by atoms with Crippen LogP contribution < -0.4 is 4.90 Å². The molecule has 0 N–H and O–H groups in total. The number of likely N-dealkylation sites (N-methyl/N-ethyl adjacent to an activating group) is 2. The molecule has 1 fully saturated rings. The molecule has 0 amide bonds. The van der Waals surface area contributed by atoms with E-state index in [1.165, 1.54) is 19.3 Å². The van der Waals surface area contributed by atoms with Crippen LogP contribution in [0.15, 0.2) is 6.07 Å². The van der Waals surface area contributed by atoms with Gasteiger partial charge in [-0.2, -0.15) is 5.26 Å². The van der Waals surface area contributed by atoms with Gasteiger partial charge in [0.15, 0.2) is 0 Å². The molecule has 0 unspecified atom stereocenters. The number of aryl methyl sites for hydroxylation is 1. The summed E-state index contributed by atoms with van der Waals surface area (Å²) in [7, 11) is 6.26. The van der Waals surface area contributed by atoms with Gasteiger partial charge in [0.05, 0.1) is 0 Å². The molecule has 0 saturated heterocycles. The zero-order valence-electron chi connectivity index (χ0n) is 12.1. The third-order valence-electron chi connectivity index (χ3n) is 4.06. The van der Waals surface area contributed by atoms with Crippen molar-refractivity contribution in [3.63, 3.8) is 0 Å². The van der Waals surface area contributed by atoms with Crippen molar-refractivity contribution in [1.29, 1.82) is 5.26 Å². The molecule has 0 radical (unpaired) electrons. The molecule has 1 aliphatic carbocycles. The van der Waals surface area contributed by atoms with Crippen molar-refractivity contribution in [2.75, 3.05) is 32.6 Å². The predicted molar refractivity (Wildman–Crippen MR) is 75.0 cm³/mol. The second kappa shape index (κ2) is 5.14. The molecule has 19 heavy (non-hydrogen) atoms. The van der Waals surface area contributed by atoms with Gasteiger partial charge in [-0.05, 0) is 46.3 Å². The lowest BCUT2D eigenvalue weighted by Gasteiger charge is -2.49. The number of anilines is 1. The van der Waals surface area contributed by atoms with Gasteiger partial charge in [0.25, 0.3) is 0 Å². The zero-order chi connectivity index (χ0) is 14.0. The van der Waals surface area contributed by atoms with Crippen LogP contribution in [0, 0.1) is 18.3 Å². The normalized spacial score (nSPS) is 16.8. The number of rotatable bonds is 4. The molecule has 5 nitrogen and oxygen atoms in total. The number of nitrogens with zero attached hydrogens (tertiary/aromatic N) is 5. The first kappa shape index (κ1) is 13.8. The van der Waals surface area contributed by atoms with E-state index in [0.29, 0.717) is 11.6 Å². The van der Waals surface area contributed by atoms with Crippen LogP contribution in [0.3, 0.4) is 0 Å². The van der Waals surface area contributed by atoms with Gasteiger partial charge in [0.2, 0.25) is 5.95 Å². The molecule has 0 aromatic carbocycles. The maximum atomic E-state index is 8.98. The monoisotopic (exact) mass is 259 g/mol. The molecule has 0 spiro atoms. The van der Waals surface area contributed by atoms with Crippen LogP contribution in [-0.2, 0) is 0 Å². The Bertz CT molecular complexity index is 499. The average molecular weight is 259 g/mol. The highest BCUT2D eigenvalue weighted by Gasteiger charge is 2.40. The zero-order valence-corrected chi connectivity index (χ0v) is 12.1. The van der Waals surface area contributed by atoms with E-state index in [9.17, 15) is 0 Å². The molecular weight excluding hydrogens is 238 g/mol. The van der Waals surface area contributed by atoms with E-state index in [-0.39, 0.29) is 5.54 Å². The molecule has 1 heterocycles. The Labute approximate surface area is 114 Å². The van der Waals surface area contributed by atoms with Gasteiger partial charge in [-0.15, -0.1) is 0 Å². The van der Waals surface area contributed by atoms with Gasteiger partial charge in [0.1, 0.15) is 11.8 Å². The van der Waals surface area contributed by atoms with Gasteiger partial charge < -0.3 is 9.80 Å². The molecule has 1 aliphatic rings. The van der Waals surface area contributed by atoms with E-state index in [1.807, 2.05) is 14.0 Å². The van der Waals surface area contributed by atoms with E-state index in [0.717, 1.165) is 12.2 Å². The van der Waals surface area contributed by atoms with Gasteiger partial charge in [-0.3, -0.25) is 0 Å². The second-order valence-corrected chi connectivity index (χ2v) is 5.63. The molecule has 5 heteroatoms. The summed E-state index contributed by atoms with van der Waals surface area (Å²) in [5.74, 6) is 0.643. The summed E-state index contributed by atoms with van der Waals surface area (Å²) in [6.45, 7) is 2.79. The van der Waals surface area contributed by atoms with Gasteiger partial charge in [-0.1, -0.05) is 0 Å². The van der Waals surface area contributed by atoms with Crippen LogP contribution in [0.5, 0.6) is 0 Å². The first-order chi connectivity index (χ1) is 8.97. The molecule has 1 aromatic rings. The lowest BCUT2D eigenvalue weighted by molar-refractivity contribution is 0.0680. The van der Waals surface area contributed by atoms with E-state index >= 15 is 0 Å². The van der Waals surface area contributed by atoms with E-state index in [1.54, 1.807) is 6.07 Å². The fourth-order valence-electron chi connectivity index (χ4n) is 2.62. The molecular formula is C14H21N5. The Morgan fingerprint density at radius 1 is 1.32 bits per heavy atom. The Kier molecular flexibility index (Phi) is 3.72. The van der Waals surface area contributed by atoms with Crippen molar-refractivity contribution in [3.8, 4) is 6.07 Å². The molecule has 0 atom stereocenters. The van der Waals surface area contributed by atoms with Crippen LogP contribution in [0.25, 0.3) is 0 Å². The van der Waals surface area contributed by atoms with Gasteiger partial charge >= 0.3 is 0 Å². The average Bonchev–Trinajstić information content (AvgIpc) is 2.32. The Balaban J connectivity index is 2.18. The van der Waals surface area contributed by atoms with E-state index < -0.39 is 0 Å². The van der Waals surface area contributed by atoms with Crippen LogP contribution in [0.1, 0.15) is 30.7 Å². The highest BCUT2D eigenvalue weighted by molar-refractivity contribution is 5.36. The first-order valence-electron chi connectivity index (χ1n) is 6.61. The fraction of sp³-hybridized carbons (Fsp3) is 0.643. The fourth-order valence-corrected chi connectivity index (χ4v) is 2.62. The van der Waals surface area contributed by atoms with Crippen LogP contribution >= 0.6 is 0 Å². The van der Waals surface area contributed by atoms with Gasteiger partial charge in [0, 0.05) is 24.8 Å². The summed E-state index contributed by atoms with van der Waals surface area (Å²) >= 11 is 0. The lowest BCUT2D eigenvalue weighted by atomic mass is 9.75. The largest absolute Gasteiger partial charge is 0.342 e. The van der Waals surface area contributed by atoms with Crippen molar-refractivity contribution in [2.24, 2.45) is 0 Å². The maximum absolute atomic E-state index is 8.98. The minimum absolute atomic E-state index is 0.231. The first-order valence-corrected chi connectivity index (χ1v) is 6.61. The molecule has 102 valence electrons. The van der Waals surface area contributed by atoms with Crippen molar-refractivity contribution in [1.82, 2.24) is 14.9 Å². The Morgan fingerprint density at radius 3 is 2.47 bits per heavy atom. The van der Waals surface area contributed by atoms with Crippen molar-refractivity contribution in [3.05, 3.63) is 17.5 Å². The summed E-state index contributed by atoms with van der Waals surface area (Å²) in [5.41, 5.74) is 1.50. The van der Waals surface area contributed by atoms with E-state index in [2.05, 4.69) is 39.9 Å². The Hall–Kier alpha value is -1.67. The number of aromatic nitrogens is 2. The third kappa shape index (κ3) is 2.69. The van der Waals surface area contributed by atoms with Gasteiger partial charge in [-0.25, -0.2) is 9.97 Å². The topological polar surface area (TPSA) is 56.1 Å². The van der Waals surface area contributed by atoms with Crippen LogP contribution in [-0.4, -0.2) is 48.1 Å². The highest BCUT2D eigenvalue weighted by Crippen LogP contribution is 2.37. The number of nitriles is 1. The molecule has 2 rings (SSSR count). The summed E-state index contributed by atoms with van der Waals surface area (Å²) in [6, 6.07) is 3.80. The maximum Gasteiger partial charge on any atom is 0.226 e. The molecule has 0 bridgehead atoms. The van der Waals surface area contributed by atoms with Crippen LogP contribution in [0.2, 0.25) is 0 Å². The SMILES string of the molecule is Cc1cc(C#N)nc(N(C)CC2(N(C)C)CCC2)n1. The standard InChI is InChI=1S/C14H21N5/c1-11-8-12(9-15)17-13(16-11)19(4)10-14(18(2)3)6-5-7-14/h8H,5-7,10H2,1-4H3. The predicted octanol–water partition coefficient (Wildman–Crippen LogP) is 1.58. The highest BCUT2D eigenvalue weighted by atomic mass is 15.3. The molecule has 1 aromatic heterocycles. The molecule has 0 aliphatic heterocycles. The van der Waals surface area contributed by atoms with Crippen LogP contribution in [0.4, 0.5) is 5.95 Å². The Morgan fingerprint density at radius 2 is 2.00 bits per heavy atom. The molecule has 1 saturated carbocycles. The quantitative estimate of drug-likeness (QED) is 0.821. The summed E-state index contributed by atoms with van der Waals surface area (Å²) < 4.78 is 0. The minimum Gasteiger partial charge on any atom is -0.342 e. The lowest BCUT2D eigenvalue weighted by Crippen LogP contribution is -2.57. The summed E-state index contributed by atoms with van der Waals surface area (Å²) in [5, 5.41) is 8.98. The van der Waals surface area contributed by atoms with Crippen molar-refractivity contribution in [2.45, 2.75) is 31.7 Å². The summed E-state index contributed by atoms with van der Waals surface area (Å²) in [6.07, 6.45) is 3.70. The smallest absolute Gasteiger partial charge is 0.226 e.